The van der Waals surface area contributed by atoms with Crippen LogP contribution in [0.1, 0.15) is 13.8 Å². The van der Waals surface area contributed by atoms with Crippen molar-refractivity contribution in [1.82, 2.24) is 9.97 Å². The molecule has 1 aromatic heterocycles. The zero-order valence-corrected chi connectivity index (χ0v) is 9.58. The number of aromatic nitrogens is 2. The van der Waals surface area contributed by atoms with Crippen molar-refractivity contribution in [2.24, 2.45) is 0 Å². The molecule has 0 bridgehead atoms. The molecule has 4 heteroatoms. The predicted molar refractivity (Wildman–Crippen MR) is 64.9 cm³/mol. The summed E-state index contributed by atoms with van der Waals surface area (Å²) >= 11 is 1.73. The summed E-state index contributed by atoms with van der Waals surface area (Å²) in [6.45, 7) is 4.29. The number of nitrogens with zero attached hydrogens (tertiary/aromatic N) is 2. The third kappa shape index (κ3) is 2.21. The lowest BCUT2D eigenvalue weighted by Crippen LogP contribution is -1.93. The molecule has 2 rings (SSSR count). The second kappa shape index (κ2) is 4.06. The maximum absolute atomic E-state index is 5.76. The fraction of sp³-hybridized carbons (Fsp3) is 0.273. The molecule has 0 spiro atoms. The Hall–Kier alpha value is -1.29. The molecule has 0 amide bonds. The van der Waals surface area contributed by atoms with Gasteiger partial charge < -0.3 is 5.73 Å². The largest absolute Gasteiger partial charge is 0.399 e. The summed E-state index contributed by atoms with van der Waals surface area (Å²) in [5.74, 6) is 0. The van der Waals surface area contributed by atoms with E-state index >= 15 is 0 Å². The van der Waals surface area contributed by atoms with Gasteiger partial charge in [-0.05, 0) is 18.2 Å². The Morgan fingerprint density at radius 1 is 1.27 bits per heavy atom. The van der Waals surface area contributed by atoms with Gasteiger partial charge in [-0.1, -0.05) is 13.8 Å². The number of thioether (sulfide) groups is 1. The van der Waals surface area contributed by atoms with E-state index < -0.39 is 0 Å². The normalized spacial score (nSPS) is 11.1. The highest BCUT2D eigenvalue weighted by atomic mass is 32.2. The smallest absolute Gasteiger partial charge is 0.117 e. The zero-order chi connectivity index (χ0) is 10.8. The molecule has 0 unspecified atom stereocenters. The first-order valence-corrected chi connectivity index (χ1v) is 5.71. The van der Waals surface area contributed by atoms with Gasteiger partial charge in [0.1, 0.15) is 11.4 Å². The summed E-state index contributed by atoms with van der Waals surface area (Å²) < 4.78 is 0. The second-order valence-corrected chi connectivity index (χ2v) is 5.19. The molecule has 2 aromatic rings. The Morgan fingerprint density at radius 2 is 2.07 bits per heavy atom. The SMILES string of the molecule is CC(C)Sc1ncnc2ccc(N)cc12. The highest BCUT2D eigenvalue weighted by Crippen LogP contribution is 2.28. The van der Waals surface area contributed by atoms with E-state index in [9.17, 15) is 0 Å². The fourth-order valence-electron chi connectivity index (χ4n) is 1.37. The Kier molecular flexibility index (Phi) is 2.77. The van der Waals surface area contributed by atoms with E-state index in [1.165, 1.54) is 0 Å². The first-order valence-electron chi connectivity index (χ1n) is 4.83. The van der Waals surface area contributed by atoms with Crippen LogP contribution < -0.4 is 5.73 Å². The maximum Gasteiger partial charge on any atom is 0.117 e. The Morgan fingerprint density at radius 3 is 2.80 bits per heavy atom. The van der Waals surface area contributed by atoms with E-state index in [1.807, 2.05) is 18.2 Å². The van der Waals surface area contributed by atoms with Gasteiger partial charge in [0.2, 0.25) is 0 Å². The van der Waals surface area contributed by atoms with Crippen molar-refractivity contribution < 1.29 is 0 Å². The first-order chi connectivity index (χ1) is 7.16. The average Bonchev–Trinajstić information content (AvgIpc) is 2.18. The summed E-state index contributed by atoms with van der Waals surface area (Å²) in [5.41, 5.74) is 7.46. The molecule has 0 aliphatic heterocycles. The minimum absolute atomic E-state index is 0.504. The lowest BCUT2D eigenvalue weighted by Gasteiger charge is -2.07. The number of fused-ring (bicyclic) bond motifs is 1. The Balaban J connectivity index is 2.58. The van der Waals surface area contributed by atoms with Crippen LogP contribution in [0, 0.1) is 0 Å². The van der Waals surface area contributed by atoms with E-state index in [0.717, 1.165) is 21.6 Å². The van der Waals surface area contributed by atoms with Crippen LogP contribution in [-0.2, 0) is 0 Å². The lowest BCUT2D eigenvalue weighted by atomic mass is 10.2. The van der Waals surface area contributed by atoms with Crippen molar-refractivity contribution in [3.8, 4) is 0 Å². The van der Waals surface area contributed by atoms with Gasteiger partial charge in [0.05, 0.1) is 5.52 Å². The number of hydrogen-bond donors (Lipinski definition) is 1. The lowest BCUT2D eigenvalue weighted by molar-refractivity contribution is 1.06. The van der Waals surface area contributed by atoms with Crippen LogP contribution in [0.5, 0.6) is 0 Å². The van der Waals surface area contributed by atoms with Gasteiger partial charge in [-0.25, -0.2) is 9.97 Å². The number of hydrogen-bond acceptors (Lipinski definition) is 4. The van der Waals surface area contributed by atoms with E-state index in [2.05, 4.69) is 23.8 Å². The number of rotatable bonds is 2. The third-order valence-corrected chi connectivity index (χ3v) is 2.99. The van der Waals surface area contributed by atoms with Gasteiger partial charge in [0, 0.05) is 16.3 Å². The summed E-state index contributed by atoms with van der Waals surface area (Å²) in [6.07, 6.45) is 1.60. The Bertz CT molecular complexity index is 482. The van der Waals surface area contributed by atoms with Gasteiger partial charge in [0.25, 0.3) is 0 Å². The van der Waals surface area contributed by atoms with Gasteiger partial charge in [-0.15, -0.1) is 11.8 Å². The minimum Gasteiger partial charge on any atom is -0.399 e. The van der Waals surface area contributed by atoms with E-state index in [-0.39, 0.29) is 0 Å². The molecule has 0 atom stereocenters. The monoisotopic (exact) mass is 219 g/mol. The summed E-state index contributed by atoms with van der Waals surface area (Å²) in [5, 5.41) is 2.54. The predicted octanol–water partition coefficient (Wildman–Crippen LogP) is 2.71. The number of anilines is 1. The van der Waals surface area contributed by atoms with Gasteiger partial charge in [0.15, 0.2) is 0 Å². The topological polar surface area (TPSA) is 51.8 Å². The highest BCUT2D eigenvalue weighted by Gasteiger charge is 2.06. The molecule has 0 aliphatic rings. The first kappa shape index (κ1) is 10.2. The average molecular weight is 219 g/mol. The summed E-state index contributed by atoms with van der Waals surface area (Å²) in [7, 11) is 0. The van der Waals surface area contributed by atoms with E-state index in [4.69, 9.17) is 5.73 Å². The molecule has 78 valence electrons. The molecule has 0 saturated heterocycles. The molecule has 2 N–H and O–H groups in total. The third-order valence-electron chi connectivity index (χ3n) is 1.97. The molecule has 15 heavy (non-hydrogen) atoms. The van der Waals surface area contributed by atoms with Crippen molar-refractivity contribution in [1.29, 1.82) is 0 Å². The fourth-order valence-corrected chi connectivity index (χ4v) is 2.21. The molecular formula is C11H13N3S. The van der Waals surface area contributed by atoms with Crippen LogP contribution in [0.3, 0.4) is 0 Å². The van der Waals surface area contributed by atoms with E-state index in [1.54, 1.807) is 18.1 Å². The van der Waals surface area contributed by atoms with Crippen LogP contribution in [0.4, 0.5) is 5.69 Å². The van der Waals surface area contributed by atoms with Crippen LogP contribution >= 0.6 is 11.8 Å². The van der Waals surface area contributed by atoms with Gasteiger partial charge in [-0.2, -0.15) is 0 Å². The number of nitrogen functional groups attached to an aromatic ring is 1. The van der Waals surface area contributed by atoms with Crippen molar-refractivity contribution in [3.05, 3.63) is 24.5 Å². The number of nitrogens with two attached hydrogens (primary N) is 1. The number of benzene rings is 1. The second-order valence-electron chi connectivity index (χ2n) is 3.62. The highest BCUT2D eigenvalue weighted by molar-refractivity contribution is 8.00. The maximum atomic E-state index is 5.76. The van der Waals surface area contributed by atoms with Crippen molar-refractivity contribution in [2.45, 2.75) is 24.1 Å². The van der Waals surface area contributed by atoms with Crippen LogP contribution in [0.25, 0.3) is 10.9 Å². The molecule has 0 radical (unpaired) electrons. The van der Waals surface area contributed by atoms with Crippen molar-refractivity contribution in [3.63, 3.8) is 0 Å². The van der Waals surface area contributed by atoms with Crippen LogP contribution in [0.15, 0.2) is 29.6 Å². The molecular weight excluding hydrogens is 206 g/mol. The standard InChI is InChI=1S/C11H13N3S/c1-7(2)15-11-9-5-8(12)3-4-10(9)13-6-14-11/h3-7H,12H2,1-2H3. The molecule has 0 saturated carbocycles. The molecule has 0 aliphatic carbocycles. The summed E-state index contributed by atoms with van der Waals surface area (Å²) in [6, 6.07) is 5.72. The molecule has 1 heterocycles. The Labute approximate surface area is 93.1 Å². The molecule has 3 nitrogen and oxygen atoms in total. The van der Waals surface area contributed by atoms with Crippen LogP contribution in [0.2, 0.25) is 0 Å². The van der Waals surface area contributed by atoms with Crippen molar-refractivity contribution in [2.75, 3.05) is 5.73 Å². The quantitative estimate of drug-likeness (QED) is 0.479. The van der Waals surface area contributed by atoms with Crippen LogP contribution in [-0.4, -0.2) is 15.2 Å². The van der Waals surface area contributed by atoms with Gasteiger partial charge >= 0.3 is 0 Å². The molecule has 1 aromatic carbocycles. The zero-order valence-electron chi connectivity index (χ0n) is 8.77. The minimum atomic E-state index is 0.504. The van der Waals surface area contributed by atoms with E-state index in [0.29, 0.717) is 5.25 Å². The van der Waals surface area contributed by atoms with Crippen molar-refractivity contribution >= 4 is 28.4 Å². The van der Waals surface area contributed by atoms with Gasteiger partial charge in [-0.3, -0.25) is 0 Å². The summed E-state index contributed by atoms with van der Waals surface area (Å²) in [4.78, 5) is 8.49. The molecule has 0 fully saturated rings.